The molecule has 1 atom stereocenters. The second kappa shape index (κ2) is 6.03. The van der Waals surface area contributed by atoms with Gasteiger partial charge < -0.3 is 4.74 Å². The van der Waals surface area contributed by atoms with Crippen LogP contribution in [0.3, 0.4) is 0 Å². The van der Waals surface area contributed by atoms with E-state index in [2.05, 4.69) is 4.72 Å². The highest BCUT2D eigenvalue weighted by Crippen LogP contribution is 2.17. The zero-order valence-electron chi connectivity index (χ0n) is 11.5. The van der Waals surface area contributed by atoms with Gasteiger partial charge in [-0.05, 0) is 44.7 Å². The first-order valence-electron chi connectivity index (χ1n) is 6.67. The van der Waals surface area contributed by atoms with Crippen LogP contribution in [0.4, 0.5) is 0 Å². The molecule has 1 N–H and O–H groups in total. The minimum Gasteiger partial charge on any atom is -0.378 e. The summed E-state index contributed by atoms with van der Waals surface area (Å²) in [7, 11) is -3.40. The molecule has 0 spiro atoms. The maximum absolute atomic E-state index is 12.2. The molecule has 106 valence electrons. The molecule has 0 bridgehead atoms. The van der Waals surface area contributed by atoms with E-state index in [4.69, 9.17) is 4.74 Å². The van der Waals surface area contributed by atoms with E-state index in [-0.39, 0.29) is 6.10 Å². The lowest BCUT2D eigenvalue weighted by Gasteiger charge is -2.12. The SMILES string of the molecule is Cc1ccc(S(=O)(=O)NCCC2CCCO2)c(C)c1. The molecule has 1 aliphatic heterocycles. The molecule has 0 amide bonds. The van der Waals surface area contributed by atoms with Gasteiger partial charge in [0.05, 0.1) is 11.0 Å². The molecule has 19 heavy (non-hydrogen) atoms. The molecule has 0 aromatic heterocycles. The Kier molecular flexibility index (Phi) is 4.60. The van der Waals surface area contributed by atoms with E-state index < -0.39 is 10.0 Å². The molecule has 0 aliphatic carbocycles. The molecule has 1 heterocycles. The first-order chi connectivity index (χ1) is 8.99. The Balaban J connectivity index is 1.97. The van der Waals surface area contributed by atoms with Crippen LogP contribution in [0.2, 0.25) is 0 Å². The Morgan fingerprint density at radius 1 is 1.37 bits per heavy atom. The van der Waals surface area contributed by atoms with Crippen LogP contribution in [0.5, 0.6) is 0 Å². The number of rotatable bonds is 5. The number of nitrogens with one attached hydrogen (secondary N) is 1. The van der Waals surface area contributed by atoms with E-state index >= 15 is 0 Å². The average molecular weight is 283 g/mol. The van der Waals surface area contributed by atoms with Crippen molar-refractivity contribution in [1.82, 2.24) is 4.72 Å². The summed E-state index contributed by atoms with van der Waals surface area (Å²) in [4.78, 5) is 0.366. The molecule has 4 nitrogen and oxygen atoms in total. The maximum Gasteiger partial charge on any atom is 0.240 e. The molecular formula is C14H21NO3S. The fourth-order valence-corrected chi connectivity index (χ4v) is 3.68. The fourth-order valence-electron chi connectivity index (χ4n) is 2.40. The Morgan fingerprint density at radius 2 is 2.16 bits per heavy atom. The third-order valence-corrected chi connectivity index (χ3v) is 5.02. The van der Waals surface area contributed by atoms with Crippen LogP contribution in [0.25, 0.3) is 0 Å². The van der Waals surface area contributed by atoms with Crippen molar-refractivity contribution in [3.05, 3.63) is 29.3 Å². The van der Waals surface area contributed by atoms with Gasteiger partial charge in [0.15, 0.2) is 0 Å². The van der Waals surface area contributed by atoms with E-state index in [0.717, 1.165) is 37.0 Å². The molecular weight excluding hydrogens is 262 g/mol. The standard InChI is InChI=1S/C14H21NO3S/c1-11-5-6-14(12(2)10-11)19(16,17)15-8-7-13-4-3-9-18-13/h5-6,10,13,15H,3-4,7-9H2,1-2H3. The molecule has 1 aliphatic rings. The molecule has 1 aromatic rings. The van der Waals surface area contributed by atoms with Gasteiger partial charge >= 0.3 is 0 Å². The third kappa shape index (κ3) is 3.78. The molecule has 0 radical (unpaired) electrons. The summed E-state index contributed by atoms with van der Waals surface area (Å²) in [6, 6.07) is 5.37. The first kappa shape index (κ1) is 14.5. The lowest BCUT2D eigenvalue weighted by Crippen LogP contribution is -2.27. The van der Waals surface area contributed by atoms with Crippen molar-refractivity contribution in [1.29, 1.82) is 0 Å². The van der Waals surface area contributed by atoms with Crippen LogP contribution in [0.1, 0.15) is 30.4 Å². The predicted molar refractivity (Wildman–Crippen MR) is 74.7 cm³/mol. The van der Waals surface area contributed by atoms with E-state index in [9.17, 15) is 8.42 Å². The van der Waals surface area contributed by atoms with Gasteiger partial charge in [-0.2, -0.15) is 0 Å². The summed E-state index contributed by atoms with van der Waals surface area (Å²) in [5, 5.41) is 0. The van der Waals surface area contributed by atoms with Gasteiger partial charge in [-0.1, -0.05) is 17.7 Å². The van der Waals surface area contributed by atoms with Crippen LogP contribution < -0.4 is 4.72 Å². The monoisotopic (exact) mass is 283 g/mol. The van der Waals surface area contributed by atoms with Crippen LogP contribution in [-0.4, -0.2) is 27.7 Å². The molecule has 5 heteroatoms. The van der Waals surface area contributed by atoms with Gasteiger partial charge in [0, 0.05) is 13.2 Å². The molecule has 2 rings (SSSR count). The van der Waals surface area contributed by atoms with E-state index in [1.165, 1.54) is 0 Å². The summed E-state index contributed by atoms with van der Waals surface area (Å²) in [6.07, 6.45) is 3.06. The number of aryl methyl sites for hydroxylation is 2. The minimum atomic E-state index is -3.40. The highest BCUT2D eigenvalue weighted by Gasteiger charge is 2.19. The van der Waals surface area contributed by atoms with Gasteiger partial charge in [-0.3, -0.25) is 0 Å². The van der Waals surface area contributed by atoms with E-state index in [1.54, 1.807) is 6.07 Å². The normalized spacial score (nSPS) is 19.8. The number of hydrogen-bond acceptors (Lipinski definition) is 3. The molecule has 1 aromatic carbocycles. The number of benzene rings is 1. The number of sulfonamides is 1. The molecule has 1 saturated heterocycles. The molecule has 0 saturated carbocycles. The molecule has 1 fully saturated rings. The highest BCUT2D eigenvalue weighted by atomic mass is 32.2. The Labute approximate surface area is 115 Å². The summed E-state index contributed by atoms with van der Waals surface area (Å²) in [5.74, 6) is 0. The van der Waals surface area contributed by atoms with Gasteiger partial charge in [0.2, 0.25) is 10.0 Å². The Hall–Kier alpha value is -0.910. The molecule has 1 unspecified atom stereocenters. The van der Waals surface area contributed by atoms with Crippen LogP contribution in [0, 0.1) is 13.8 Å². The maximum atomic E-state index is 12.2. The van der Waals surface area contributed by atoms with Crippen LogP contribution in [0.15, 0.2) is 23.1 Å². The second-order valence-corrected chi connectivity index (χ2v) is 6.83. The average Bonchev–Trinajstić information content (AvgIpc) is 2.81. The largest absolute Gasteiger partial charge is 0.378 e. The van der Waals surface area contributed by atoms with Crippen molar-refractivity contribution in [2.75, 3.05) is 13.2 Å². The van der Waals surface area contributed by atoms with E-state index in [1.807, 2.05) is 26.0 Å². The summed E-state index contributed by atoms with van der Waals surface area (Å²) in [5.41, 5.74) is 1.85. The highest BCUT2D eigenvalue weighted by molar-refractivity contribution is 7.89. The zero-order chi connectivity index (χ0) is 13.9. The van der Waals surface area contributed by atoms with E-state index in [0.29, 0.717) is 11.4 Å². The summed E-state index contributed by atoms with van der Waals surface area (Å²) in [6.45, 7) is 5.00. The van der Waals surface area contributed by atoms with Crippen molar-refractivity contribution in [3.8, 4) is 0 Å². The van der Waals surface area contributed by atoms with Crippen molar-refractivity contribution >= 4 is 10.0 Å². The van der Waals surface area contributed by atoms with Gasteiger partial charge in [-0.15, -0.1) is 0 Å². The lowest BCUT2D eigenvalue weighted by molar-refractivity contribution is 0.105. The summed E-state index contributed by atoms with van der Waals surface area (Å²) < 4.78 is 32.5. The van der Waals surface area contributed by atoms with Crippen molar-refractivity contribution < 1.29 is 13.2 Å². The third-order valence-electron chi connectivity index (χ3n) is 3.40. The van der Waals surface area contributed by atoms with Gasteiger partial charge in [-0.25, -0.2) is 13.1 Å². The minimum absolute atomic E-state index is 0.210. The number of hydrogen-bond donors (Lipinski definition) is 1. The Morgan fingerprint density at radius 3 is 2.79 bits per heavy atom. The summed E-state index contributed by atoms with van der Waals surface area (Å²) >= 11 is 0. The first-order valence-corrected chi connectivity index (χ1v) is 8.16. The van der Waals surface area contributed by atoms with Gasteiger partial charge in [0.1, 0.15) is 0 Å². The van der Waals surface area contributed by atoms with Crippen molar-refractivity contribution in [2.24, 2.45) is 0 Å². The lowest BCUT2D eigenvalue weighted by atomic mass is 10.2. The Bertz CT molecular complexity index is 534. The fraction of sp³-hybridized carbons (Fsp3) is 0.571. The topological polar surface area (TPSA) is 55.4 Å². The van der Waals surface area contributed by atoms with Gasteiger partial charge in [0.25, 0.3) is 0 Å². The quantitative estimate of drug-likeness (QED) is 0.901. The van der Waals surface area contributed by atoms with Crippen molar-refractivity contribution in [3.63, 3.8) is 0 Å². The van der Waals surface area contributed by atoms with Crippen LogP contribution >= 0.6 is 0 Å². The second-order valence-electron chi connectivity index (χ2n) is 5.09. The number of ether oxygens (including phenoxy) is 1. The van der Waals surface area contributed by atoms with Crippen LogP contribution in [-0.2, 0) is 14.8 Å². The predicted octanol–water partition coefficient (Wildman–Crippen LogP) is 2.15. The van der Waals surface area contributed by atoms with Crippen molar-refractivity contribution in [2.45, 2.75) is 44.1 Å². The smallest absolute Gasteiger partial charge is 0.240 e. The zero-order valence-corrected chi connectivity index (χ0v) is 12.3.